The SMILES string of the molecule is O=c1[nH]c2cc(-c3ccncc3Cl)c(-c3cccnc3)nc2[nH]1. The molecule has 7 heteroatoms. The van der Waals surface area contributed by atoms with Crippen molar-refractivity contribution in [3.05, 3.63) is 64.6 Å². The number of aromatic nitrogens is 5. The van der Waals surface area contributed by atoms with Gasteiger partial charge in [-0.25, -0.2) is 9.78 Å². The fraction of sp³-hybridized carbons (Fsp3) is 0. The van der Waals surface area contributed by atoms with Crippen molar-refractivity contribution >= 4 is 22.8 Å². The van der Waals surface area contributed by atoms with Gasteiger partial charge in [0, 0.05) is 41.5 Å². The van der Waals surface area contributed by atoms with Gasteiger partial charge in [-0.3, -0.25) is 15.0 Å². The lowest BCUT2D eigenvalue weighted by Crippen LogP contribution is -1.99. The second kappa shape index (κ2) is 5.33. The van der Waals surface area contributed by atoms with Gasteiger partial charge in [0.1, 0.15) is 0 Å². The number of nitrogens with zero attached hydrogens (tertiary/aromatic N) is 3. The lowest BCUT2D eigenvalue weighted by molar-refractivity contribution is 1.20. The first-order valence-corrected chi connectivity index (χ1v) is 7.23. The average Bonchev–Trinajstić information content (AvgIpc) is 2.94. The molecule has 0 amide bonds. The maximum atomic E-state index is 11.6. The van der Waals surface area contributed by atoms with E-state index in [-0.39, 0.29) is 5.69 Å². The van der Waals surface area contributed by atoms with E-state index in [1.54, 1.807) is 24.8 Å². The molecule has 0 atom stereocenters. The van der Waals surface area contributed by atoms with E-state index in [4.69, 9.17) is 11.6 Å². The van der Waals surface area contributed by atoms with Crippen LogP contribution in [0.2, 0.25) is 5.02 Å². The second-order valence-electron chi connectivity index (χ2n) is 4.96. The zero-order chi connectivity index (χ0) is 15.8. The Hall–Kier alpha value is -2.99. The van der Waals surface area contributed by atoms with Crippen LogP contribution in [0.15, 0.2) is 53.8 Å². The van der Waals surface area contributed by atoms with Gasteiger partial charge in [0.25, 0.3) is 0 Å². The summed E-state index contributed by atoms with van der Waals surface area (Å²) >= 11 is 6.29. The minimum Gasteiger partial charge on any atom is -0.304 e. The van der Waals surface area contributed by atoms with Crippen LogP contribution >= 0.6 is 11.6 Å². The van der Waals surface area contributed by atoms with Crippen LogP contribution in [0.1, 0.15) is 0 Å². The minimum absolute atomic E-state index is 0.303. The molecule has 0 radical (unpaired) electrons. The van der Waals surface area contributed by atoms with Gasteiger partial charge in [0.2, 0.25) is 0 Å². The van der Waals surface area contributed by atoms with Crippen LogP contribution in [0.3, 0.4) is 0 Å². The zero-order valence-corrected chi connectivity index (χ0v) is 12.5. The van der Waals surface area contributed by atoms with Gasteiger partial charge < -0.3 is 4.98 Å². The van der Waals surface area contributed by atoms with Gasteiger partial charge in [-0.2, -0.15) is 0 Å². The molecule has 0 aliphatic rings. The van der Waals surface area contributed by atoms with Crippen molar-refractivity contribution in [3.8, 4) is 22.4 Å². The topological polar surface area (TPSA) is 87.3 Å². The van der Waals surface area contributed by atoms with E-state index in [2.05, 4.69) is 24.9 Å². The highest BCUT2D eigenvalue weighted by molar-refractivity contribution is 6.33. The van der Waals surface area contributed by atoms with Gasteiger partial charge in [-0.1, -0.05) is 11.6 Å². The molecular weight excluding hydrogens is 314 g/mol. The lowest BCUT2D eigenvalue weighted by atomic mass is 10.0. The molecule has 0 aromatic carbocycles. The first-order valence-electron chi connectivity index (χ1n) is 6.86. The number of hydrogen-bond acceptors (Lipinski definition) is 4. The normalized spacial score (nSPS) is 11.0. The van der Waals surface area contributed by atoms with Crippen molar-refractivity contribution in [2.75, 3.05) is 0 Å². The van der Waals surface area contributed by atoms with Crippen molar-refractivity contribution in [1.29, 1.82) is 0 Å². The highest BCUT2D eigenvalue weighted by atomic mass is 35.5. The van der Waals surface area contributed by atoms with Crippen molar-refractivity contribution in [2.24, 2.45) is 0 Å². The average molecular weight is 324 g/mol. The molecule has 0 aliphatic carbocycles. The summed E-state index contributed by atoms with van der Waals surface area (Å²) in [6.45, 7) is 0. The maximum absolute atomic E-state index is 11.6. The van der Waals surface area contributed by atoms with E-state index in [0.717, 1.165) is 16.7 Å². The number of rotatable bonds is 2. The molecule has 4 rings (SSSR count). The first-order chi connectivity index (χ1) is 11.2. The van der Waals surface area contributed by atoms with Gasteiger partial charge in [-0.05, 0) is 24.3 Å². The van der Waals surface area contributed by atoms with E-state index in [1.807, 2.05) is 24.3 Å². The Morgan fingerprint density at radius 2 is 1.87 bits per heavy atom. The molecule has 2 N–H and O–H groups in total. The molecule has 4 aromatic rings. The molecule has 0 saturated carbocycles. The van der Waals surface area contributed by atoms with Crippen LogP contribution in [0, 0.1) is 0 Å². The molecule has 0 bridgehead atoms. The Morgan fingerprint density at radius 3 is 2.65 bits per heavy atom. The predicted octanol–water partition coefficient (Wildman–Crippen LogP) is 3.03. The molecule has 0 saturated heterocycles. The van der Waals surface area contributed by atoms with Crippen LogP contribution in [0.4, 0.5) is 0 Å². The highest BCUT2D eigenvalue weighted by Gasteiger charge is 2.15. The summed E-state index contributed by atoms with van der Waals surface area (Å²) in [5, 5.41) is 0.511. The number of fused-ring (bicyclic) bond motifs is 1. The summed E-state index contributed by atoms with van der Waals surface area (Å²) in [6, 6.07) is 7.41. The Bertz CT molecular complexity index is 1050. The molecule has 0 spiro atoms. The van der Waals surface area contributed by atoms with E-state index in [1.165, 1.54) is 0 Å². The number of H-pyrrole nitrogens is 2. The molecular formula is C16H10ClN5O. The minimum atomic E-state index is -0.303. The van der Waals surface area contributed by atoms with Crippen molar-refractivity contribution in [1.82, 2.24) is 24.9 Å². The summed E-state index contributed by atoms with van der Waals surface area (Å²) in [5.74, 6) is 0. The first kappa shape index (κ1) is 13.7. The van der Waals surface area contributed by atoms with Crippen molar-refractivity contribution in [3.63, 3.8) is 0 Å². The third-order valence-electron chi connectivity index (χ3n) is 3.50. The highest BCUT2D eigenvalue weighted by Crippen LogP contribution is 2.35. The molecule has 0 aliphatic heterocycles. The van der Waals surface area contributed by atoms with Gasteiger partial charge in [0.05, 0.1) is 16.2 Å². The van der Waals surface area contributed by atoms with E-state index in [9.17, 15) is 4.79 Å². The van der Waals surface area contributed by atoms with Crippen molar-refractivity contribution in [2.45, 2.75) is 0 Å². The fourth-order valence-corrected chi connectivity index (χ4v) is 2.71. The van der Waals surface area contributed by atoms with Gasteiger partial charge >= 0.3 is 5.69 Å². The Balaban J connectivity index is 2.08. The summed E-state index contributed by atoms with van der Waals surface area (Å²) in [6.07, 6.45) is 6.66. The Labute approximate surface area is 135 Å². The lowest BCUT2D eigenvalue weighted by Gasteiger charge is -2.10. The summed E-state index contributed by atoms with van der Waals surface area (Å²) in [4.78, 5) is 29.7. The summed E-state index contributed by atoms with van der Waals surface area (Å²) in [5.41, 5.74) is 3.91. The van der Waals surface area contributed by atoms with Crippen LogP contribution < -0.4 is 5.69 Å². The third kappa shape index (κ3) is 2.39. The van der Waals surface area contributed by atoms with Gasteiger partial charge in [0.15, 0.2) is 5.65 Å². The van der Waals surface area contributed by atoms with Crippen LogP contribution in [0.25, 0.3) is 33.5 Å². The van der Waals surface area contributed by atoms with E-state index in [0.29, 0.717) is 21.9 Å². The molecule has 4 aromatic heterocycles. The van der Waals surface area contributed by atoms with E-state index >= 15 is 0 Å². The third-order valence-corrected chi connectivity index (χ3v) is 3.80. The molecule has 0 unspecified atom stereocenters. The molecule has 0 fully saturated rings. The van der Waals surface area contributed by atoms with E-state index < -0.39 is 0 Å². The number of hydrogen-bond donors (Lipinski definition) is 2. The molecule has 4 heterocycles. The quantitative estimate of drug-likeness (QED) is 0.593. The number of imidazole rings is 1. The van der Waals surface area contributed by atoms with Crippen LogP contribution in [-0.2, 0) is 0 Å². The number of nitrogens with one attached hydrogen (secondary N) is 2. The number of halogens is 1. The maximum Gasteiger partial charge on any atom is 0.325 e. The predicted molar refractivity (Wildman–Crippen MR) is 88.2 cm³/mol. The summed E-state index contributed by atoms with van der Waals surface area (Å²) < 4.78 is 0. The largest absolute Gasteiger partial charge is 0.325 e. The zero-order valence-electron chi connectivity index (χ0n) is 11.7. The number of pyridine rings is 3. The molecule has 112 valence electrons. The molecule has 6 nitrogen and oxygen atoms in total. The summed E-state index contributed by atoms with van der Waals surface area (Å²) in [7, 11) is 0. The number of aromatic amines is 2. The van der Waals surface area contributed by atoms with Crippen LogP contribution in [-0.4, -0.2) is 24.9 Å². The van der Waals surface area contributed by atoms with Crippen LogP contribution in [0.5, 0.6) is 0 Å². The smallest absolute Gasteiger partial charge is 0.304 e. The van der Waals surface area contributed by atoms with Gasteiger partial charge in [-0.15, -0.1) is 0 Å². The Morgan fingerprint density at radius 1 is 1.00 bits per heavy atom. The van der Waals surface area contributed by atoms with Crippen molar-refractivity contribution < 1.29 is 0 Å². The Kier molecular flexibility index (Phi) is 3.17. The molecule has 23 heavy (non-hydrogen) atoms. The second-order valence-corrected chi connectivity index (χ2v) is 5.36. The fourth-order valence-electron chi connectivity index (χ4n) is 2.49. The standard InChI is InChI=1S/C16H10ClN5O/c17-12-8-19-5-3-10(12)11-6-13-15(22-16(23)20-13)21-14(11)9-2-1-4-18-7-9/h1-8H,(H2,20,21,22,23). The monoisotopic (exact) mass is 323 g/mol.